The maximum absolute atomic E-state index is 13.5. The van der Waals surface area contributed by atoms with Gasteiger partial charge in [0.2, 0.25) is 5.78 Å². The molecule has 0 bridgehead atoms. The van der Waals surface area contributed by atoms with Crippen LogP contribution in [0.3, 0.4) is 0 Å². The average molecular weight is 436 g/mol. The summed E-state index contributed by atoms with van der Waals surface area (Å²) >= 11 is 1.26. The SMILES string of the molecule is COc1cccc(CN2C(=O)C(O)=C(C(=O)c3sc(C)nc3C)C2c2ccncc2)c1. The first-order chi connectivity index (χ1) is 14.9. The largest absolute Gasteiger partial charge is 0.503 e. The zero-order valence-corrected chi connectivity index (χ0v) is 18.1. The summed E-state index contributed by atoms with van der Waals surface area (Å²) < 4.78 is 5.28. The molecular weight excluding hydrogens is 414 g/mol. The van der Waals surface area contributed by atoms with Crippen molar-refractivity contribution < 1.29 is 19.4 Å². The molecule has 7 nitrogen and oxygen atoms in total. The predicted molar refractivity (Wildman–Crippen MR) is 116 cm³/mol. The summed E-state index contributed by atoms with van der Waals surface area (Å²) in [5.41, 5.74) is 2.15. The molecular formula is C23H21N3O4S. The third-order valence-corrected chi connectivity index (χ3v) is 6.24. The van der Waals surface area contributed by atoms with Gasteiger partial charge in [0.25, 0.3) is 5.91 Å². The van der Waals surface area contributed by atoms with Crippen molar-refractivity contribution in [3.63, 3.8) is 0 Å². The number of Topliss-reactive ketones (excluding diaryl/α,β-unsaturated/α-hetero) is 1. The molecule has 1 aromatic carbocycles. The maximum Gasteiger partial charge on any atom is 0.290 e. The van der Waals surface area contributed by atoms with Crippen LogP contribution < -0.4 is 4.74 Å². The molecule has 0 fully saturated rings. The summed E-state index contributed by atoms with van der Waals surface area (Å²) in [7, 11) is 1.57. The molecule has 1 aliphatic heterocycles. The number of aliphatic hydroxyl groups is 1. The van der Waals surface area contributed by atoms with E-state index in [-0.39, 0.29) is 17.9 Å². The van der Waals surface area contributed by atoms with Crippen LogP contribution in [0.25, 0.3) is 0 Å². The van der Waals surface area contributed by atoms with Crippen molar-refractivity contribution in [2.45, 2.75) is 26.4 Å². The zero-order valence-electron chi connectivity index (χ0n) is 17.3. The van der Waals surface area contributed by atoms with Crippen molar-refractivity contribution in [1.82, 2.24) is 14.9 Å². The Morgan fingerprint density at radius 2 is 1.97 bits per heavy atom. The fraction of sp³-hybridized carbons (Fsp3) is 0.217. The molecule has 1 unspecified atom stereocenters. The van der Waals surface area contributed by atoms with Gasteiger partial charge in [0.15, 0.2) is 5.76 Å². The Balaban J connectivity index is 1.79. The number of hydrogen-bond donors (Lipinski definition) is 1. The lowest BCUT2D eigenvalue weighted by atomic mass is 9.95. The van der Waals surface area contributed by atoms with Crippen LogP contribution in [0, 0.1) is 13.8 Å². The number of thiazole rings is 1. The van der Waals surface area contributed by atoms with E-state index < -0.39 is 17.7 Å². The highest BCUT2D eigenvalue weighted by atomic mass is 32.1. The third-order valence-electron chi connectivity index (χ3n) is 5.17. The number of carbonyl (C=O) groups is 2. The number of hydrogen-bond acceptors (Lipinski definition) is 7. The van der Waals surface area contributed by atoms with Gasteiger partial charge in [0, 0.05) is 18.9 Å². The van der Waals surface area contributed by atoms with Gasteiger partial charge < -0.3 is 14.7 Å². The number of methoxy groups -OCH3 is 1. The maximum atomic E-state index is 13.5. The first-order valence-electron chi connectivity index (χ1n) is 9.66. The van der Waals surface area contributed by atoms with Gasteiger partial charge in [-0.2, -0.15) is 0 Å². The van der Waals surface area contributed by atoms with Crippen LogP contribution in [0.15, 0.2) is 60.1 Å². The molecule has 1 N–H and O–H groups in total. The Morgan fingerprint density at radius 1 is 1.23 bits per heavy atom. The Kier molecular flexibility index (Phi) is 5.56. The first kappa shape index (κ1) is 20.7. The summed E-state index contributed by atoms with van der Waals surface area (Å²) in [5, 5.41) is 11.5. The van der Waals surface area contributed by atoms with Crippen LogP contribution in [0.2, 0.25) is 0 Å². The minimum absolute atomic E-state index is 0.0610. The summed E-state index contributed by atoms with van der Waals surface area (Å²) in [6, 6.07) is 10.1. The number of rotatable bonds is 6. The lowest BCUT2D eigenvalue weighted by Gasteiger charge is -2.27. The number of carbonyl (C=O) groups excluding carboxylic acids is 2. The molecule has 0 radical (unpaired) electrons. The molecule has 0 saturated heterocycles. The van der Waals surface area contributed by atoms with Gasteiger partial charge in [-0.1, -0.05) is 12.1 Å². The molecule has 1 atom stereocenters. The lowest BCUT2D eigenvalue weighted by molar-refractivity contribution is -0.130. The molecule has 4 rings (SSSR count). The standard InChI is InChI=1S/C23H21N3O4S/c1-13-22(31-14(2)25-13)20(27)18-19(16-7-9-24-10-8-16)26(23(29)21(18)28)12-15-5-4-6-17(11-15)30-3/h4-11,19,28H,12H2,1-3H3. The van der Waals surface area contributed by atoms with Crippen LogP contribution in [-0.2, 0) is 11.3 Å². The van der Waals surface area contributed by atoms with E-state index in [1.54, 1.807) is 38.6 Å². The van der Waals surface area contributed by atoms with Gasteiger partial charge in [-0.15, -0.1) is 11.3 Å². The van der Waals surface area contributed by atoms with Gasteiger partial charge in [-0.25, -0.2) is 4.98 Å². The van der Waals surface area contributed by atoms with E-state index in [4.69, 9.17) is 4.74 Å². The molecule has 0 saturated carbocycles. The summed E-state index contributed by atoms with van der Waals surface area (Å²) in [4.78, 5) is 36.8. The number of aromatic nitrogens is 2. The van der Waals surface area contributed by atoms with Crippen molar-refractivity contribution in [3.05, 3.63) is 86.8 Å². The van der Waals surface area contributed by atoms with E-state index in [1.807, 2.05) is 31.2 Å². The number of amides is 1. The van der Waals surface area contributed by atoms with E-state index in [0.29, 0.717) is 21.9 Å². The van der Waals surface area contributed by atoms with E-state index >= 15 is 0 Å². The molecule has 0 spiro atoms. The Labute approximate surface area is 183 Å². The fourth-order valence-corrected chi connectivity index (χ4v) is 4.65. The highest BCUT2D eigenvalue weighted by Gasteiger charge is 2.44. The molecule has 31 heavy (non-hydrogen) atoms. The predicted octanol–water partition coefficient (Wildman–Crippen LogP) is 3.94. The third kappa shape index (κ3) is 3.82. The smallest absolute Gasteiger partial charge is 0.290 e. The number of ketones is 1. The highest BCUT2D eigenvalue weighted by Crippen LogP contribution is 2.40. The van der Waals surface area contributed by atoms with E-state index in [1.165, 1.54) is 16.2 Å². The number of ether oxygens (including phenoxy) is 1. The number of benzene rings is 1. The molecule has 8 heteroatoms. The molecule has 158 valence electrons. The van der Waals surface area contributed by atoms with Crippen molar-refractivity contribution >= 4 is 23.0 Å². The molecule has 1 amide bonds. The molecule has 1 aliphatic rings. The number of aliphatic hydroxyl groups excluding tert-OH is 1. The number of aryl methyl sites for hydroxylation is 2. The molecule has 0 aliphatic carbocycles. The van der Waals surface area contributed by atoms with Gasteiger partial charge in [0.05, 0.1) is 34.3 Å². The highest BCUT2D eigenvalue weighted by molar-refractivity contribution is 7.14. The monoisotopic (exact) mass is 435 g/mol. The summed E-state index contributed by atoms with van der Waals surface area (Å²) in [6.07, 6.45) is 3.20. The minimum atomic E-state index is -0.740. The first-order valence-corrected chi connectivity index (χ1v) is 10.5. The van der Waals surface area contributed by atoms with Crippen molar-refractivity contribution in [2.24, 2.45) is 0 Å². The minimum Gasteiger partial charge on any atom is -0.503 e. The number of nitrogens with zero attached hydrogens (tertiary/aromatic N) is 3. The normalized spacial score (nSPS) is 16.2. The fourth-order valence-electron chi connectivity index (χ4n) is 3.77. The quantitative estimate of drug-likeness (QED) is 0.590. The second-order valence-electron chi connectivity index (χ2n) is 7.21. The molecule has 3 heterocycles. The van der Waals surface area contributed by atoms with Crippen LogP contribution >= 0.6 is 11.3 Å². The van der Waals surface area contributed by atoms with E-state index in [0.717, 1.165) is 10.6 Å². The van der Waals surface area contributed by atoms with E-state index in [2.05, 4.69) is 9.97 Å². The van der Waals surface area contributed by atoms with Crippen LogP contribution in [0.1, 0.15) is 37.5 Å². The second kappa shape index (κ2) is 8.31. The van der Waals surface area contributed by atoms with E-state index in [9.17, 15) is 14.7 Å². The lowest BCUT2D eigenvalue weighted by Crippen LogP contribution is -2.30. The van der Waals surface area contributed by atoms with Crippen LogP contribution in [-0.4, -0.2) is 38.8 Å². The second-order valence-corrected chi connectivity index (χ2v) is 8.41. The van der Waals surface area contributed by atoms with Crippen LogP contribution in [0.5, 0.6) is 5.75 Å². The van der Waals surface area contributed by atoms with Gasteiger partial charge in [-0.05, 0) is 49.2 Å². The summed E-state index contributed by atoms with van der Waals surface area (Å²) in [6.45, 7) is 3.77. The molecule has 2 aromatic heterocycles. The van der Waals surface area contributed by atoms with Gasteiger partial charge >= 0.3 is 0 Å². The average Bonchev–Trinajstić information content (AvgIpc) is 3.24. The Hall–Kier alpha value is -3.52. The van der Waals surface area contributed by atoms with Gasteiger partial charge in [-0.3, -0.25) is 14.6 Å². The topological polar surface area (TPSA) is 92.6 Å². The number of pyridine rings is 1. The zero-order chi connectivity index (χ0) is 22.1. The van der Waals surface area contributed by atoms with Crippen molar-refractivity contribution in [3.8, 4) is 5.75 Å². The Bertz CT molecular complexity index is 1190. The van der Waals surface area contributed by atoms with Crippen LogP contribution in [0.4, 0.5) is 0 Å². The van der Waals surface area contributed by atoms with Crippen molar-refractivity contribution in [1.29, 1.82) is 0 Å². The van der Waals surface area contributed by atoms with Crippen molar-refractivity contribution in [2.75, 3.05) is 7.11 Å². The summed E-state index contributed by atoms with van der Waals surface area (Å²) in [5.74, 6) is -0.843. The van der Waals surface area contributed by atoms with Gasteiger partial charge in [0.1, 0.15) is 5.75 Å². The Morgan fingerprint density at radius 3 is 2.61 bits per heavy atom. The molecule has 3 aromatic rings.